The van der Waals surface area contributed by atoms with Crippen molar-refractivity contribution in [3.8, 4) is 0 Å². The zero-order valence-corrected chi connectivity index (χ0v) is 16.3. The fourth-order valence-electron chi connectivity index (χ4n) is 3.52. The molecule has 0 amide bonds. The van der Waals surface area contributed by atoms with Gasteiger partial charge >= 0.3 is 0 Å². The van der Waals surface area contributed by atoms with E-state index in [-0.39, 0.29) is 11.0 Å². The molecule has 0 unspecified atom stereocenters. The van der Waals surface area contributed by atoms with Gasteiger partial charge in [0, 0.05) is 18.0 Å². The van der Waals surface area contributed by atoms with Crippen LogP contribution in [0.15, 0.2) is 63.4 Å². The maximum Gasteiger partial charge on any atom is 0.291 e. The summed E-state index contributed by atoms with van der Waals surface area (Å²) in [6.45, 7) is 4.54. The van der Waals surface area contributed by atoms with Gasteiger partial charge in [0.2, 0.25) is 0 Å². The van der Waals surface area contributed by atoms with Crippen LogP contribution in [0.1, 0.15) is 19.8 Å². The van der Waals surface area contributed by atoms with Crippen LogP contribution < -0.4 is 16.2 Å². The zero-order valence-electron chi connectivity index (χ0n) is 15.4. The molecule has 0 bridgehead atoms. The van der Waals surface area contributed by atoms with Crippen molar-refractivity contribution in [2.45, 2.75) is 29.7 Å². The van der Waals surface area contributed by atoms with Crippen LogP contribution in [0.5, 0.6) is 0 Å². The maximum atomic E-state index is 12.6. The number of nitrogens with zero attached hydrogens (tertiary/aromatic N) is 2. The summed E-state index contributed by atoms with van der Waals surface area (Å²) in [5.41, 5.74) is 5.93. The van der Waals surface area contributed by atoms with E-state index in [0.29, 0.717) is 12.4 Å². The minimum absolute atomic E-state index is 0.128. The monoisotopic (exact) mass is 380 g/mol. The van der Waals surface area contributed by atoms with Gasteiger partial charge < -0.3 is 15.6 Å². The summed E-state index contributed by atoms with van der Waals surface area (Å²) in [4.78, 5) is 23.3. The van der Waals surface area contributed by atoms with Gasteiger partial charge in [0.1, 0.15) is 0 Å². The Morgan fingerprint density at radius 3 is 2.67 bits per heavy atom. The third kappa shape index (κ3) is 3.73. The van der Waals surface area contributed by atoms with Crippen molar-refractivity contribution >= 4 is 28.4 Å². The number of anilines is 1. The van der Waals surface area contributed by atoms with Gasteiger partial charge in [0.15, 0.2) is 5.82 Å². The lowest BCUT2D eigenvalue weighted by Crippen LogP contribution is -2.44. The van der Waals surface area contributed by atoms with Crippen molar-refractivity contribution in [3.05, 3.63) is 59.0 Å². The molecule has 0 aliphatic carbocycles. The Balaban J connectivity index is 1.55. The minimum Gasteiger partial charge on any atom is -0.352 e. The molecule has 3 aromatic rings. The van der Waals surface area contributed by atoms with Crippen LogP contribution in [-0.4, -0.2) is 29.6 Å². The van der Waals surface area contributed by atoms with Crippen LogP contribution in [0.25, 0.3) is 10.8 Å². The number of aromatic amines is 1. The van der Waals surface area contributed by atoms with Crippen molar-refractivity contribution < 1.29 is 0 Å². The van der Waals surface area contributed by atoms with Crippen molar-refractivity contribution in [1.82, 2.24) is 9.97 Å². The molecule has 1 saturated heterocycles. The molecule has 1 fully saturated rings. The van der Waals surface area contributed by atoms with Gasteiger partial charge in [-0.2, -0.15) is 0 Å². The second kappa shape index (κ2) is 7.37. The first-order valence-corrected chi connectivity index (χ1v) is 10.1. The smallest absolute Gasteiger partial charge is 0.291 e. The molecule has 2 aromatic carbocycles. The second-order valence-corrected chi connectivity index (χ2v) is 8.57. The third-order valence-corrected chi connectivity index (χ3v) is 6.48. The first-order valence-electron chi connectivity index (χ1n) is 9.28. The van der Waals surface area contributed by atoms with E-state index in [2.05, 4.69) is 46.1 Å². The highest BCUT2D eigenvalue weighted by atomic mass is 32.2. The molecule has 3 N–H and O–H groups in total. The molecule has 0 saturated carbocycles. The Bertz CT molecular complexity index is 1000. The summed E-state index contributed by atoms with van der Waals surface area (Å²) in [5, 5.41) is 3.11. The summed E-state index contributed by atoms with van der Waals surface area (Å²) >= 11 is 1.54. The predicted molar refractivity (Wildman–Crippen MR) is 112 cm³/mol. The van der Waals surface area contributed by atoms with Crippen LogP contribution >= 0.6 is 11.8 Å². The SMILES string of the molecule is CC1(CN)CCN(c2ncc(Sc3cccc4ccccc34)[nH]c2=O)CC1. The van der Waals surface area contributed by atoms with Crippen LogP contribution in [0.2, 0.25) is 0 Å². The molecule has 1 aromatic heterocycles. The summed E-state index contributed by atoms with van der Waals surface area (Å²) < 4.78 is 0. The summed E-state index contributed by atoms with van der Waals surface area (Å²) in [5.74, 6) is 0.511. The van der Waals surface area contributed by atoms with E-state index < -0.39 is 0 Å². The largest absolute Gasteiger partial charge is 0.352 e. The van der Waals surface area contributed by atoms with Crippen LogP contribution in [0.3, 0.4) is 0 Å². The van der Waals surface area contributed by atoms with E-state index in [1.807, 2.05) is 18.2 Å². The number of aromatic nitrogens is 2. The number of nitrogens with one attached hydrogen (secondary N) is 1. The first kappa shape index (κ1) is 18.1. The topological polar surface area (TPSA) is 75.0 Å². The average molecular weight is 381 g/mol. The normalized spacial score (nSPS) is 16.6. The molecule has 0 atom stereocenters. The maximum absolute atomic E-state index is 12.6. The molecule has 2 heterocycles. The van der Waals surface area contributed by atoms with E-state index >= 15 is 0 Å². The highest BCUT2D eigenvalue weighted by Crippen LogP contribution is 2.33. The molecule has 5 nitrogen and oxygen atoms in total. The Morgan fingerprint density at radius 2 is 1.93 bits per heavy atom. The Labute approximate surface area is 163 Å². The first-order chi connectivity index (χ1) is 13.1. The number of benzene rings is 2. The number of fused-ring (bicyclic) bond motifs is 1. The molecule has 0 spiro atoms. The Hall–Kier alpha value is -2.31. The van der Waals surface area contributed by atoms with Gasteiger partial charge in [0.05, 0.1) is 11.2 Å². The van der Waals surface area contributed by atoms with Gasteiger partial charge in [-0.25, -0.2) is 4.98 Å². The molecule has 27 heavy (non-hydrogen) atoms. The number of hydrogen-bond acceptors (Lipinski definition) is 5. The van der Waals surface area contributed by atoms with E-state index in [9.17, 15) is 4.79 Å². The van der Waals surface area contributed by atoms with Gasteiger partial charge in [0.25, 0.3) is 5.56 Å². The summed E-state index contributed by atoms with van der Waals surface area (Å²) in [6.07, 6.45) is 3.73. The van der Waals surface area contributed by atoms with Crippen molar-refractivity contribution in [2.24, 2.45) is 11.1 Å². The molecular weight excluding hydrogens is 356 g/mol. The standard InChI is InChI=1S/C21H24N4OS/c1-21(14-22)9-11-25(12-10-21)19-20(26)24-18(13-23-19)27-17-8-4-6-15-5-2-3-7-16(15)17/h2-8,13H,9-12,14,22H2,1H3,(H,24,26). The van der Waals surface area contributed by atoms with E-state index in [0.717, 1.165) is 35.9 Å². The molecule has 6 heteroatoms. The molecular formula is C21H24N4OS. The Kier molecular flexibility index (Phi) is 4.93. The van der Waals surface area contributed by atoms with Crippen molar-refractivity contribution in [3.63, 3.8) is 0 Å². The van der Waals surface area contributed by atoms with Gasteiger partial charge in [-0.05, 0) is 41.6 Å². The number of H-pyrrole nitrogens is 1. The second-order valence-electron chi connectivity index (χ2n) is 7.48. The van der Waals surface area contributed by atoms with Gasteiger partial charge in [-0.1, -0.05) is 55.1 Å². The fourth-order valence-corrected chi connectivity index (χ4v) is 4.45. The van der Waals surface area contributed by atoms with Crippen molar-refractivity contribution in [1.29, 1.82) is 0 Å². The molecule has 140 valence electrons. The lowest BCUT2D eigenvalue weighted by atomic mass is 9.80. The lowest BCUT2D eigenvalue weighted by Gasteiger charge is -2.38. The number of piperidine rings is 1. The van der Waals surface area contributed by atoms with E-state index in [4.69, 9.17) is 5.73 Å². The molecule has 0 radical (unpaired) electrons. The van der Waals surface area contributed by atoms with Gasteiger partial charge in [-0.3, -0.25) is 4.79 Å². The molecule has 1 aliphatic rings. The number of rotatable bonds is 4. The molecule has 1 aliphatic heterocycles. The number of nitrogens with two attached hydrogens (primary N) is 1. The highest BCUT2D eigenvalue weighted by molar-refractivity contribution is 7.99. The van der Waals surface area contributed by atoms with E-state index in [1.54, 1.807) is 6.20 Å². The summed E-state index contributed by atoms with van der Waals surface area (Å²) in [7, 11) is 0. The average Bonchev–Trinajstić information content (AvgIpc) is 2.69. The minimum atomic E-state index is -0.128. The highest BCUT2D eigenvalue weighted by Gasteiger charge is 2.30. The fraction of sp³-hybridized carbons (Fsp3) is 0.333. The van der Waals surface area contributed by atoms with Crippen molar-refractivity contribution in [2.75, 3.05) is 24.5 Å². The van der Waals surface area contributed by atoms with Crippen LogP contribution in [0, 0.1) is 5.41 Å². The van der Waals surface area contributed by atoms with Gasteiger partial charge in [-0.15, -0.1) is 0 Å². The van der Waals surface area contributed by atoms with Crippen LogP contribution in [-0.2, 0) is 0 Å². The molecule has 4 rings (SSSR count). The zero-order chi connectivity index (χ0) is 18.9. The third-order valence-electron chi connectivity index (χ3n) is 5.48. The Morgan fingerprint density at radius 1 is 1.19 bits per heavy atom. The lowest BCUT2D eigenvalue weighted by molar-refractivity contribution is 0.257. The quantitative estimate of drug-likeness (QED) is 0.723. The summed E-state index contributed by atoms with van der Waals surface area (Å²) in [6, 6.07) is 14.4. The number of hydrogen-bond donors (Lipinski definition) is 2. The predicted octanol–water partition coefficient (Wildman–Crippen LogP) is 3.64. The van der Waals surface area contributed by atoms with E-state index in [1.165, 1.54) is 22.5 Å². The van der Waals surface area contributed by atoms with Crippen LogP contribution in [0.4, 0.5) is 5.82 Å².